The lowest BCUT2D eigenvalue weighted by Gasteiger charge is -2.28. The van der Waals surface area contributed by atoms with E-state index in [0.717, 1.165) is 0 Å². The third-order valence-corrected chi connectivity index (χ3v) is 8.58. The third kappa shape index (κ3) is 17.3. The monoisotopic (exact) mass is 774 g/mol. The van der Waals surface area contributed by atoms with Gasteiger partial charge in [0.25, 0.3) is 0 Å². The van der Waals surface area contributed by atoms with Crippen LogP contribution in [0.1, 0.15) is 81.9 Å². The van der Waals surface area contributed by atoms with Crippen molar-refractivity contribution < 1.29 is 77.7 Å². The number of phosphoric acid groups is 1. The molecule has 0 aliphatic heterocycles. The Labute approximate surface area is 304 Å². The van der Waals surface area contributed by atoms with Crippen molar-refractivity contribution in [3.63, 3.8) is 0 Å². The number of carboxylic acids is 4. The first-order valence-corrected chi connectivity index (χ1v) is 18.0. The zero-order valence-corrected chi connectivity index (χ0v) is 30.5. The van der Waals surface area contributed by atoms with Crippen molar-refractivity contribution in [2.24, 2.45) is 5.92 Å². The van der Waals surface area contributed by atoms with Gasteiger partial charge in [-0.2, -0.15) is 0 Å². The average molecular weight is 775 g/mol. The van der Waals surface area contributed by atoms with E-state index in [4.69, 9.17) is 14.9 Å². The Hall–Kier alpha value is -5.07. The van der Waals surface area contributed by atoms with Gasteiger partial charge < -0.3 is 46.2 Å². The summed E-state index contributed by atoms with van der Waals surface area (Å²) < 4.78 is 15.8. The van der Waals surface area contributed by atoms with Crippen LogP contribution in [0.4, 0.5) is 0 Å². The van der Waals surface area contributed by atoms with Gasteiger partial charge >= 0.3 is 31.7 Å². The number of carbonyl (C=O) groups is 8. The first-order valence-electron chi connectivity index (χ1n) is 16.5. The number of aryl methyl sites for hydroxylation is 2. The Balaban J connectivity index is 3.22. The van der Waals surface area contributed by atoms with Crippen LogP contribution < -0.4 is 25.8 Å². The molecule has 5 atom stereocenters. The molecule has 0 saturated carbocycles. The van der Waals surface area contributed by atoms with Gasteiger partial charge in [0.15, 0.2) is 0 Å². The third-order valence-electron chi connectivity index (χ3n) is 8.13. The SMILES string of the molecule is CC[C@H](C)[C@H](NC(=O)[C@H](CCC(=O)O)NC(=O)[C@H](CCC(=O)O)NC(=O)CCc1c(C)cc(OP(=O)(O)O)cc1C)C(=O)N[C@@H](CCC(=O)O)C(=O)O. The summed E-state index contributed by atoms with van der Waals surface area (Å²) in [5.41, 5.74) is 1.71. The highest BCUT2D eigenvalue weighted by Crippen LogP contribution is 2.38. The molecule has 0 radical (unpaired) electrons. The van der Waals surface area contributed by atoms with Crippen molar-refractivity contribution >= 4 is 55.3 Å². The van der Waals surface area contributed by atoms with E-state index in [2.05, 4.69) is 25.8 Å². The lowest BCUT2D eigenvalue weighted by atomic mass is 9.96. The van der Waals surface area contributed by atoms with E-state index in [1.807, 2.05) is 0 Å². The van der Waals surface area contributed by atoms with Gasteiger partial charge in [0, 0.05) is 25.7 Å². The molecular formula is C32H47N4O16P. The van der Waals surface area contributed by atoms with E-state index in [9.17, 15) is 58.2 Å². The van der Waals surface area contributed by atoms with Crippen molar-refractivity contribution in [3.05, 3.63) is 28.8 Å². The number of hydrogen-bond donors (Lipinski definition) is 10. The molecule has 21 heteroatoms. The number of hydrogen-bond acceptors (Lipinski definition) is 10. The van der Waals surface area contributed by atoms with Gasteiger partial charge in [-0.25, -0.2) is 9.36 Å². The summed E-state index contributed by atoms with van der Waals surface area (Å²) in [7, 11) is -4.82. The van der Waals surface area contributed by atoms with E-state index in [-0.39, 0.29) is 25.0 Å². The molecule has 0 fully saturated rings. The second-order valence-electron chi connectivity index (χ2n) is 12.4. The molecule has 296 valence electrons. The number of phosphoric ester groups is 1. The van der Waals surface area contributed by atoms with Crippen LogP contribution in [-0.4, -0.2) is 102 Å². The van der Waals surface area contributed by atoms with Crippen LogP contribution >= 0.6 is 7.82 Å². The summed E-state index contributed by atoms with van der Waals surface area (Å²) in [6.45, 7) is 6.46. The lowest BCUT2D eigenvalue weighted by Crippen LogP contribution is -2.59. The fourth-order valence-corrected chi connectivity index (χ4v) is 5.51. The summed E-state index contributed by atoms with van der Waals surface area (Å²) in [5.74, 6) is -9.98. The van der Waals surface area contributed by atoms with Crippen LogP contribution in [0.3, 0.4) is 0 Å². The zero-order valence-electron chi connectivity index (χ0n) is 29.6. The number of aliphatic carboxylic acids is 4. The van der Waals surface area contributed by atoms with Crippen LogP contribution in [0.5, 0.6) is 5.75 Å². The molecular weight excluding hydrogens is 727 g/mol. The second-order valence-corrected chi connectivity index (χ2v) is 13.5. The van der Waals surface area contributed by atoms with Crippen LogP contribution in [0.15, 0.2) is 12.1 Å². The minimum Gasteiger partial charge on any atom is -0.481 e. The first-order chi connectivity index (χ1) is 24.5. The number of nitrogens with one attached hydrogen (secondary N) is 4. The van der Waals surface area contributed by atoms with Crippen molar-refractivity contribution in [1.82, 2.24) is 21.3 Å². The van der Waals surface area contributed by atoms with Gasteiger partial charge in [-0.1, -0.05) is 20.3 Å². The van der Waals surface area contributed by atoms with Crippen molar-refractivity contribution in [1.29, 1.82) is 0 Å². The predicted molar refractivity (Wildman–Crippen MR) is 182 cm³/mol. The van der Waals surface area contributed by atoms with Gasteiger partial charge in [-0.05, 0) is 74.3 Å². The Bertz CT molecular complexity index is 1560. The summed E-state index contributed by atoms with van der Waals surface area (Å²) in [6, 6.07) is -3.43. The molecule has 0 spiro atoms. The number of amides is 4. The molecule has 0 saturated heterocycles. The van der Waals surface area contributed by atoms with Crippen molar-refractivity contribution in [2.75, 3.05) is 0 Å². The number of rotatable bonds is 24. The maximum atomic E-state index is 13.5. The molecule has 0 aromatic heterocycles. The number of benzene rings is 1. The maximum Gasteiger partial charge on any atom is 0.524 e. The molecule has 20 nitrogen and oxygen atoms in total. The summed E-state index contributed by atoms with van der Waals surface area (Å²) >= 11 is 0. The van der Waals surface area contributed by atoms with E-state index >= 15 is 0 Å². The highest BCUT2D eigenvalue weighted by Gasteiger charge is 2.34. The zero-order chi connectivity index (χ0) is 40.6. The fourth-order valence-electron chi connectivity index (χ4n) is 5.13. The number of carboxylic acid groups (broad SMARTS) is 4. The minimum absolute atomic E-state index is 0.0920. The Morgan fingerprint density at radius 3 is 1.55 bits per heavy atom. The van der Waals surface area contributed by atoms with Gasteiger partial charge in [0.1, 0.15) is 29.9 Å². The summed E-state index contributed by atoms with van der Waals surface area (Å²) in [6.07, 6.45) is -3.06. The van der Waals surface area contributed by atoms with Crippen LogP contribution in [0.25, 0.3) is 0 Å². The predicted octanol–water partition coefficient (Wildman–Crippen LogP) is 0.372. The first kappa shape index (κ1) is 46.0. The van der Waals surface area contributed by atoms with Gasteiger partial charge in [0.05, 0.1) is 0 Å². The Morgan fingerprint density at radius 1 is 0.679 bits per heavy atom. The normalized spacial score (nSPS) is 14.0. The molecule has 10 N–H and O–H groups in total. The van der Waals surface area contributed by atoms with Crippen LogP contribution in [0, 0.1) is 19.8 Å². The Morgan fingerprint density at radius 2 is 1.11 bits per heavy atom. The molecule has 1 aromatic carbocycles. The highest BCUT2D eigenvalue weighted by atomic mass is 31.2. The Kier molecular flexibility index (Phi) is 18.6. The minimum atomic E-state index is -4.82. The van der Waals surface area contributed by atoms with Crippen LogP contribution in [0.2, 0.25) is 0 Å². The second kappa shape index (κ2) is 21.5. The summed E-state index contributed by atoms with van der Waals surface area (Å²) in [5, 5.41) is 46.2. The molecule has 0 aliphatic rings. The smallest absolute Gasteiger partial charge is 0.481 e. The van der Waals surface area contributed by atoms with E-state index in [0.29, 0.717) is 16.7 Å². The highest BCUT2D eigenvalue weighted by molar-refractivity contribution is 7.46. The van der Waals surface area contributed by atoms with E-state index < -0.39 is 124 Å². The van der Waals surface area contributed by atoms with Crippen molar-refractivity contribution in [3.8, 4) is 5.75 Å². The fraction of sp³-hybridized carbons (Fsp3) is 0.562. The molecule has 1 aromatic rings. The quantitative estimate of drug-likeness (QED) is 0.0634. The summed E-state index contributed by atoms with van der Waals surface area (Å²) in [4.78, 5) is 117. The van der Waals surface area contributed by atoms with Gasteiger partial charge in [-0.15, -0.1) is 0 Å². The molecule has 0 unspecified atom stereocenters. The molecule has 0 bridgehead atoms. The van der Waals surface area contributed by atoms with Crippen LogP contribution in [-0.2, 0) is 49.3 Å². The lowest BCUT2D eigenvalue weighted by molar-refractivity contribution is -0.144. The van der Waals surface area contributed by atoms with Gasteiger partial charge in [-0.3, -0.25) is 43.3 Å². The molecule has 0 heterocycles. The van der Waals surface area contributed by atoms with Crippen molar-refractivity contribution in [2.45, 2.75) is 110 Å². The van der Waals surface area contributed by atoms with E-state index in [1.165, 1.54) is 12.1 Å². The molecule has 53 heavy (non-hydrogen) atoms. The maximum absolute atomic E-state index is 13.5. The number of carbonyl (C=O) groups excluding carboxylic acids is 4. The van der Waals surface area contributed by atoms with Gasteiger partial charge in [0.2, 0.25) is 23.6 Å². The molecule has 1 rings (SSSR count). The standard InChI is InChI=1S/C32H47N4O16P/c1-5-16(2)28(31(46)35-23(32(47)48)9-13-27(42)43)36-30(45)22(8-12-26(40)41)34-29(44)21(7-11-25(38)39)33-24(37)10-6-20-17(3)14-19(15-18(20)4)52-53(49,50)51/h14-16,21-23,28H,5-13H2,1-4H3,(H,33,37)(H,34,44)(H,35,46)(H,36,45)(H,38,39)(H,40,41)(H,42,43)(H,47,48)(H2,49,50,51)/t16-,21-,22-,23-,28-/m0/s1. The molecule has 4 amide bonds. The average Bonchev–Trinajstić information content (AvgIpc) is 3.03. The largest absolute Gasteiger partial charge is 0.524 e. The topological polar surface area (TPSA) is 332 Å². The van der Waals surface area contributed by atoms with E-state index in [1.54, 1.807) is 27.7 Å². The molecule has 0 aliphatic carbocycles.